The van der Waals surface area contributed by atoms with Crippen LogP contribution in [0.15, 0.2) is 24.3 Å². The highest BCUT2D eigenvalue weighted by atomic mass is 16.5. The van der Waals surface area contributed by atoms with Crippen molar-refractivity contribution in [3.05, 3.63) is 35.4 Å². The van der Waals surface area contributed by atoms with Crippen LogP contribution >= 0.6 is 0 Å². The molecule has 1 N–H and O–H groups in total. The Morgan fingerprint density at radius 3 is 2.45 bits per heavy atom. The monoisotopic (exact) mass is 276 g/mol. The lowest BCUT2D eigenvalue weighted by atomic mass is 9.56. The first-order valence-corrected chi connectivity index (χ1v) is 7.18. The highest BCUT2D eigenvalue weighted by molar-refractivity contribution is 5.66. The molecule has 2 rings (SSSR count). The number of rotatable bonds is 4. The zero-order valence-corrected chi connectivity index (χ0v) is 12.9. The summed E-state index contributed by atoms with van der Waals surface area (Å²) >= 11 is 0. The number of ether oxygens (including phenoxy) is 1. The molecule has 0 aliphatic heterocycles. The zero-order chi connectivity index (χ0) is 15.1. The molecule has 110 valence electrons. The largest absolute Gasteiger partial charge is 0.462 e. The predicted octanol–water partition coefficient (Wildman–Crippen LogP) is 3.04. The summed E-state index contributed by atoms with van der Waals surface area (Å²) < 4.78 is 5.51. The van der Waals surface area contributed by atoms with Crippen LogP contribution in [0.4, 0.5) is 0 Å². The van der Waals surface area contributed by atoms with Crippen LogP contribution in [0.25, 0.3) is 0 Å². The van der Waals surface area contributed by atoms with Gasteiger partial charge in [0.05, 0.1) is 0 Å². The van der Waals surface area contributed by atoms with Gasteiger partial charge < -0.3 is 9.84 Å². The van der Waals surface area contributed by atoms with Crippen molar-refractivity contribution < 1.29 is 14.6 Å². The number of hydrogen-bond donors (Lipinski definition) is 1. The maximum Gasteiger partial charge on any atom is 0.302 e. The molecule has 0 saturated heterocycles. The lowest BCUT2D eigenvalue weighted by Gasteiger charge is -2.53. The Hall–Kier alpha value is -1.35. The van der Waals surface area contributed by atoms with Crippen LogP contribution in [0.3, 0.4) is 0 Å². The van der Waals surface area contributed by atoms with Crippen molar-refractivity contribution in [2.45, 2.75) is 52.7 Å². The van der Waals surface area contributed by atoms with E-state index in [0.29, 0.717) is 6.42 Å². The first kappa shape index (κ1) is 15.0. The van der Waals surface area contributed by atoms with Gasteiger partial charge in [0.2, 0.25) is 0 Å². The number of hydrogen-bond acceptors (Lipinski definition) is 3. The van der Waals surface area contributed by atoms with Gasteiger partial charge in [-0.15, -0.1) is 0 Å². The second-order valence-corrected chi connectivity index (χ2v) is 6.69. The first-order chi connectivity index (χ1) is 9.20. The number of carbonyl (C=O) groups is 1. The molecular formula is C17H24O3. The second-order valence-electron chi connectivity index (χ2n) is 6.69. The molecule has 0 radical (unpaired) electrons. The third kappa shape index (κ3) is 2.14. The van der Waals surface area contributed by atoms with Crippen LogP contribution in [-0.2, 0) is 21.6 Å². The Morgan fingerprint density at radius 2 is 1.95 bits per heavy atom. The Balaban J connectivity index is 2.37. The van der Waals surface area contributed by atoms with Crippen LogP contribution in [0.2, 0.25) is 0 Å². The van der Waals surface area contributed by atoms with E-state index in [0.717, 1.165) is 5.56 Å². The number of aliphatic hydroxyl groups is 1. The second kappa shape index (κ2) is 4.88. The summed E-state index contributed by atoms with van der Waals surface area (Å²) in [5.74, 6) is -0.154. The summed E-state index contributed by atoms with van der Waals surface area (Å²) in [6.45, 7) is 9.42. The minimum atomic E-state index is -0.937. The van der Waals surface area contributed by atoms with E-state index in [4.69, 9.17) is 4.74 Å². The minimum absolute atomic E-state index is 0.144. The van der Waals surface area contributed by atoms with E-state index in [1.165, 1.54) is 12.5 Å². The minimum Gasteiger partial charge on any atom is -0.462 e. The normalized spacial score (nSPS) is 22.9. The molecule has 0 bridgehead atoms. The van der Waals surface area contributed by atoms with Crippen molar-refractivity contribution >= 4 is 5.97 Å². The molecule has 20 heavy (non-hydrogen) atoms. The molecule has 0 saturated carbocycles. The third-order valence-corrected chi connectivity index (χ3v) is 4.58. The molecule has 0 heterocycles. The molecule has 3 nitrogen and oxygen atoms in total. The van der Waals surface area contributed by atoms with Crippen molar-refractivity contribution in [3.63, 3.8) is 0 Å². The summed E-state index contributed by atoms with van der Waals surface area (Å²) in [6.07, 6.45) is 0.291. The smallest absolute Gasteiger partial charge is 0.302 e. The van der Waals surface area contributed by atoms with Crippen molar-refractivity contribution in [1.82, 2.24) is 0 Å². The van der Waals surface area contributed by atoms with Gasteiger partial charge in [0.1, 0.15) is 11.7 Å². The van der Waals surface area contributed by atoms with E-state index in [2.05, 4.69) is 0 Å². The zero-order valence-electron chi connectivity index (χ0n) is 12.9. The average molecular weight is 276 g/mol. The summed E-state index contributed by atoms with van der Waals surface area (Å²) in [7, 11) is 0. The molecule has 2 atom stereocenters. The standard InChI is InChI=1S/C17H24O3/c1-11(2)15(20-12(3)18)16(4,5)17(19)10-13-8-6-7-9-14(13)17/h6-9,11,15,19H,10H2,1-5H3/t15-,17-/m0/s1. The first-order valence-electron chi connectivity index (χ1n) is 7.18. The van der Waals surface area contributed by atoms with Crippen molar-refractivity contribution in [3.8, 4) is 0 Å². The number of esters is 1. The van der Waals surface area contributed by atoms with Crippen molar-refractivity contribution in [1.29, 1.82) is 0 Å². The summed E-state index contributed by atoms with van der Waals surface area (Å²) in [6, 6.07) is 7.93. The molecule has 3 heteroatoms. The Morgan fingerprint density at radius 1 is 1.35 bits per heavy atom. The van der Waals surface area contributed by atoms with E-state index in [1.807, 2.05) is 52.0 Å². The van der Waals surface area contributed by atoms with Gasteiger partial charge in [-0.05, 0) is 17.0 Å². The lowest BCUT2D eigenvalue weighted by Crippen LogP contribution is -2.57. The molecule has 0 spiro atoms. The van der Waals surface area contributed by atoms with Gasteiger partial charge in [-0.25, -0.2) is 0 Å². The maximum absolute atomic E-state index is 11.4. The van der Waals surface area contributed by atoms with Crippen molar-refractivity contribution in [2.75, 3.05) is 0 Å². The molecule has 0 fully saturated rings. The fourth-order valence-corrected chi connectivity index (χ4v) is 3.45. The summed E-state index contributed by atoms with van der Waals surface area (Å²) in [5.41, 5.74) is 0.658. The SMILES string of the molecule is CC(=O)O[C@@H](C(C)C)C(C)(C)[C@]1(O)Cc2ccccc21. The topological polar surface area (TPSA) is 46.5 Å². The van der Waals surface area contributed by atoms with Crippen LogP contribution < -0.4 is 0 Å². The van der Waals surface area contributed by atoms with Crippen LogP contribution in [0.1, 0.15) is 45.7 Å². The van der Waals surface area contributed by atoms with Gasteiger partial charge in [-0.1, -0.05) is 52.0 Å². The quantitative estimate of drug-likeness (QED) is 0.860. The van der Waals surface area contributed by atoms with Crippen LogP contribution in [0.5, 0.6) is 0 Å². The van der Waals surface area contributed by atoms with Gasteiger partial charge >= 0.3 is 5.97 Å². The van der Waals surface area contributed by atoms with Gasteiger partial charge in [0.25, 0.3) is 0 Å². The number of benzene rings is 1. The lowest BCUT2D eigenvalue weighted by molar-refractivity contribution is -0.187. The fourth-order valence-electron chi connectivity index (χ4n) is 3.45. The fraction of sp³-hybridized carbons (Fsp3) is 0.588. The number of carbonyl (C=O) groups excluding carboxylic acids is 1. The van der Waals surface area contributed by atoms with E-state index in [9.17, 15) is 9.90 Å². The Bertz CT molecular complexity index is 519. The van der Waals surface area contributed by atoms with E-state index in [1.54, 1.807) is 0 Å². The molecule has 1 aliphatic carbocycles. The average Bonchev–Trinajstić information content (AvgIpc) is 2.33. The molecule has 1 aromatic rings. The maximum atomic E-state index is 11.4. The van der Waals surface area contributed by atoms with Gasteiger partial charge in [-0.2, -0.15) is 0 Å². The number of fused-ring (bicyclic) bond motifs is 1. The van der Waals surface area contributed by atoms with Gasteiger partial charge in [-0.3, -0.25) is 4.79 Å². The molecule has 1 aliphatic rings. The van der Waals surface area contributed by atoms with Crippen LogP contribution in [0, 0.1) is 11.3 Å². The van der Waals surface area contributed by atoms with E-state index >= 15 is 0 Å². The van der Waals surface area contributed by atoms with Gasteiger partial charge in [0, 0.05) is 18.8 Å². The Labute approximate surface area is 121 Å². The summed E-state index contributed by atoms with van der Waals surface area (Å²) in [4.78, 5) is 11.4. The molecular weight excluding hydrogens is 252 g/mol. The molecule has 1 aromatic carbocycles. The van der Waals surface area contributed by atoms with E-state index < -0.39 is 11.0 Å². The highest BCUT2D eigenvalue weighted by Crippen LogP contribution is 2.53. The summed E-state index contributed by atoms with van der Waals surface area (Å²) in [5, 5.41) is 11.1. The molecule has 0 amide bonds. The highest BCUT2D eigenvalue weighted by Gasteiger charge is 2.56. The van der Waals surface area contributed by atoms with E-state index in [-0.39, 0.29) is 18.0 Å². The molecule has 0 aromatic heterocycles. The Kier molecular flexibility index (Phi) is 3.67. The van der Waals surface area contributed by atoms with Gasteiger partial charge in [0.15, 0.2) is 0 Å². The van der Waals surface area contributed by atoms with Crippen molar-refractivity contribution in [2.24, 2.45) is 11.3 Å². The predicted molar refractivity (Wildman–Crippen MR) is 78.2 cm³/mol. The van der Waals surface area contributed by atoms with Crippen LogP contribution in [-0.4, -0.2) is 17.2 Å². The molecule has 0 unspecified atom stereocenters. The third-order valence-electron chi connectivity index (χ3n) is 4.58.